The second-order valence-electron chi connectivity index (χ2n) is 8.54. The van der Waals surface area contributed by atoms with E-state index in [-0.39, 0.29) is 35.0 Å². The Morgan fingerprint density at radius 3 is 2.57 bits per heavy atom. The van der Waals surface area contributed by atoms with Crippen LogP contribution >= 0.6 is 11.3 Å². The summed E-state index contributed by atoms with van der Waals surface area (Å²) >= 11 is 1.19. The summed E-state index contributed by atoms with van der Waals surface area (Å²) < 4.78 is 24.2. The molecular weight excluding hydrogens is 488 g/mol. The fourth-order valence-electron chi connectivity index (χ4n) is 3.82. The number of nitrogens with zero attached hydrogens (tertiary/aromatic N) is 2. The molecule has 1 saturated heterocycles. The largest absolute Gasteiger partial charge is 0.342 e. The van der Waals surface area contributed by atoms with Crippen LogP contribution in [0.2, 0.25) is 0 Å². The molecular formula is C24H26N4O5S2. The van der Waals surface area contributed by atoms with Gasteiger partial charge in [-0.05, 0) is 48.9 Å². The van der Waals surface area contributed by atoms with E-state index >= 15 is 0 Å². The number of hydrogen-bond acceptors (Lipinski definition) is 7. The van der Waals surface area contributed by atoms with E-state index < -0.39 is 9.84 Å². The molecule has 184 valence electrons. The molecule has 9 nitrogen and oxygen atoms in total. The highest BCUT2D eigenvalue weighted by Crippen LogP contribution is 2.28. The fourth-order valence-corrected chi connectivity index (χ4v) is 5.44. The zero-order chi connectivity index (χ0) is 25.2. The van der Waals surface area contributed by atoms with Gasteiger partial charge in [0.2, 0.25) is 11.8 Å². The van der Waals surface area contributed by atoms with Gasteiger partial charge >= 0.3 is 0 Å². The summed E-state index contributed by atoms with van der Waals surface area (Å²) in [5.74, 6) is -0.965. The number of hydrogen-bond donors (Lipinski definition) is 2. The number of nitrogens with one attached hydrogen (secondary N) is 2. The third kappa shape index (κ3) is 5.85. The second kappa shape index (κ2) is 10.1. The molecule has 1 fully saturated rings. The monoisotopic (exact) mass is 514 g/mol. The molecule has 1 unspecified atom stereocenters. The van der Waals surface area contributed by atoms with Crippen molar-refractivity contribution in [1.82, 2.24) is 9.88 Å². The highest BCUT2D eigenvalue weighted by atomic mass is 32.2. The van der Waals surface area contributed by atoms with Gasteiger partial charge in [0.05, 0.1) is 21.0 Å². The number of thiazole rings is 1. The van der Waals surface area contributed by atoms with E-state index in [0.29, 0.717) is 39.7 Å². The van der Waals surface area contributed by atoms with Crippen molar-refractivity contribution >= 4 is 59.9 Å². The quantitative estimate of drug-likeness (QED) is 0.474. The van der Waals surface area contributed by atoms with E-state index in [4.69, 9.17) is 0 Å². The van der Waals surface area contributed by atoms with Crippen LogP contribution in [0.1, 0.15) is 36.5 Å². The van der Waals surface area contributed by atoms with Gasteiger partial charge in [0.1, 0.15) is 0 Å². The number of anilines is 2. The molecule has 0 spiro atoms. The van der Waals surface area contributed by atoms with Crippen LogP contribution in [-0.2, 0) is 19.4 Å². The lowest BCUT2D eigenvalue weighted by Gasteiger charge is -2.16. The normalized spacial score (nSPS) is 16.0. The van der Waals surface area contributed by atoms with E-state index in [9.17, 15) is 22.8 Å². The predicted molar refractivity (Wildman–Crippen MR) is 135 cm³/mol. The SMILES string of the molecule is CCCCN1CC(C(=O)Nc2ccc(C(=O)Nc3nc4ccc(S(C)(=O)=O)cc4s3)cc2)CC1=O. The highest BCUT2D eigenvalue weighted by molar-refractivity contribution is 7.90. The number of likely N-dealkylation sites (tertiary alicyclic amines) is 1. The minimum atomic E-state index is -3.34. The smallest absolute Gasteiger partial charge is 0.257 e. The molecule has 0 saturated carbocycles. The van der Waals surface area contributed by atoms with Crippen LogP contribution in [0.15, 0.2) is 47.4 Å². The number of carbonyl (C=O) groups is 3. The third-order valence-electron chi connectivity index (χ3n) is 5.79. The van der Waals surface area contributed by atoms with Crippen LogP contribution < -0.4 is 10.6 Å². The van der Waals surface area contributed by atoms with E-state index in [1.54, 1.807) is 35.2 Å². The Labute approximate surface area is 207 Å². The maximum Gasteiger partial charge on any atom is 0.257 e. The summed E-state index contributed by atoms with van der Waals surface area (Å²) in [7, 11) is -3.34. The summed E-state index contributed by atoms with van der Waals surface area (Å²) in [6.45, 7) is 3.17. The predicted octanol–water partition coefficient (Wildman–Crippen LogP) is 3.54. The van der Waals surface area contributed by atoms with Gasteiger partial charge in [-0.3, -0.25) is 19.7 Å². The van der Waals surface area contributed by atoms with E-state index in [1.165, 1.54) is 23.5 Å². The van der Waals surface area contributed by atoms with Gasteiger partial charge in [0, 0.05) is 37.0 Å². The Kier molecular flexibility index (Phi) is 7.18. The molecule has 1 atom stereocenters. The molecule has 0 radical (unpaired) electrons. The first kappa shape index (κ1) is 24.8. The summed E-state index contributed by atoms with van der Waals surface area (Å²) in [5.41, 5.74) is 1.51. The number of unbranched alkanes of at least 4 members (excludes halogenated alkanes) is 1. The summed E-state index contributed by atoms with van der Waals surface area (Å²) in [6, 6.07) is 11.1. The number of fused-ring (bicyclic) bond motifs is 1. The van der Waals surface area contributed by atoms with Crippen molar-refractivity contribution < 1.29 is 22.8 Å². The van der Waals surface area contributed by atoms with Crippen molar-refractivity contribution in [3.8, 4) is 0 Å². The fraction of sp³-hybridized carbons (Fsp3) is 0.333. The molecule has 2 N–H and O–H groups in total. The van der Waals surface area contributed by atoms with Gasteiger partial charge in [-0.2, -0.15) is 0 Å². The van der Waals surface area contributed by atoms with E-state index in [0.717, 1.165) is 19.1 Å². The van der Waals surface area contributed by atoms with Crippen LogP contribution in [0, 0.1) is 5.92 Å². The molecule has 35 heavy (non-hydrogen) atoms. The summed E-state index contributed by atoms with van der Waals surface area (Å²) in [5, 5.41) is 5.90. The molecule has 1 aliphatic heterocycles. The average Bonchev–Trinajstić information content (AvgIpc) is 3.39. The molecule has 0 aliphatic carbocycles. The second-order valence-corrected chi connectivity index (χ2v) is 11.6. The van der Waals surface area contributed by atoms with Gasteiger partial charge in [0.15, 0.2) is 15.0 Å². The van der Waals surface area contributed by atoms with Crippen LogP contribution in [-0.4, -0.2) is 55.4 Å². The number of carbonyl (C=O) groups excluding carboxylic acids is 3. The van der Waals surface area contributed by atoms with Gasteiger partial charge < -0.3 is 10.2 Å². The number of amides is 3. The minimum absolute atomic E-state index is 0.00742. The zero-order valence-electron chi connectivity index (χ0n) is 19.4. The Balaban J connectivity index is 1.37. The molecule has 0 bridgehead atoms. The molecule has 3 amide bonds. The number of aromatic nitrogens is 1. The van der Waals surface area contributed by atoms with Crippen LogP contribution in [0.5, 0.6) is 0 Å². The minimum Gasteiger partial charge on any atom is -0.342 e. The molecule has 1 aliphatic rings. The van der Waals surface area contributed by atoms with Crippen LogP contribution in [0.3, 0.4) is 0 Å². The van der Waals surface area contributed by atoms with Crippen molar-refractivity contribution in [2.75, 3.05) is 30.0 Å². The van der Waals surface area contributed by atoms with E-state index in [1.807, 2.05) is 0 Å². The first-order valence-corrected chi connectivity index (χ1v) is 14.0. The Morgan fingerprint density at radius 1 is 1.14 bits per heavy atom. The first-order valence-electron chi connectivity index (χ1n) is 11.2. The van der Waals surface area contributed by atoms with Crippen molar-refractivity contribution in [2.45, 2.75) is 31.1 Å². The van der Waals surface area contributed by atoms with Gasteiger partial charge in [-0.15, -0.1) is 0 Å². The maximum absolute atomic E-state index is 12.6. The Hall–Kier alpha value is -3.31. The average molecular weight is 515 g/mol. The first-order chi connectivity index (χ1) is 16.6. The summed E-state index contributed by atoms with van der Waals surface area (Å²) in [6.07, 6.45) is 3.26. The van der Waals surface area contributed by atoms with E-state index in [2.05, 4.69) is 22.5 Å². The molecule has 1 aromatic heterocycles. The molecule has 11 heteroatoms. The van der Waals surface area contributed by atoms with Gasteiger partial charge in [0.25, 0.3) is 5.91 Å². The topological polar surface area (TPSA) is 126 Å². The van der Waals surface area contributed by atoms with Gasteiger partial charge in [-0.1, -0.05) is 24.7 Å². The van der Waals surface area contributed by atoms with Crippen molar-refractivity contribution in [3.63, 3.8) is 0 Å². The zero-order valence-corrected chi connectivity index (χ0v) is 21.0. The Bertz CT molecular complexity index is 1380. The lowest BCUT2D eigenvalue weighted by Crippen LogP contribution is -2.29. The van der Waals surface area contributed by atoms with Crippen molar-refractivity contribution in [1.29, 1.82) is 0 Å². The third-order valence-corrected chi connectivity index (χ3v) is 7.83. The number of rotatable bonds is 8. The molecule has 3 aromatic rings. The van der Waals surface area contributed by atoms with Crippen molar-refractivity contribution in [2.24, 2.45) is 5.92 Å². The van der Waals surface area contributed by atoms with Crippen LogP contribution in [0.4, 0.5) is 10.8 Å². The standard InChI is InChI=1S/C24H26N4O5S2/c1-3-4-11-28-14-16(12-21(28)29)23(31)25-17-7-5-15(6-8-17)22(30)27-24-26-19-10-9-18(35(2,32)33)13-20(19)34-24/h5-10,13,16H,3-4,11-12,14H2,1-2H3,(H,25,31)(H,26,27,30). The Morgan fingerprint density at radius 2 is 1.89 bits per heavy atom. The molecule has 2 aromatic carbocycles. The lowest BCUT2D eigenvalue weighted by atomic mass is 10.1. The summed E-state index contributed by atoms with van der Waals surface area (Å²) in [4.78, 5) is 43.6. The number of benzene rings is 2. The number of sulfone groups is 1. The van der Waals surface area contributed by atoms with Gasteiger partial charge in [-0.25, -0.2) is 13.4 Å². The van der Waals surface area contributed by atoms with Crippen molar-refractivity contribution in [3.05, 3.63) is 48.0 Å². The highest BCUT2D eigenvalue weighted by Gasteiger charge is 2.33. The van der Waals surface area contributed by atoms with Crippen LogP contribution in [0.25, 0.3) is 10.2 Å². The maximum atomic E-state index is 12.6. The lowest BCUT2D eigenvalue weighted by molar-refractivity contribution is -0.128. The molecule has 2 heterocycles. The molecule has 4 rings (SSSR count).